The fourth-order valence-electron chi connectivity index (χ4n) is 6.72. The number of hydrogen-bond donors (Lipinski definition) is 0. The Kier molecular flexibility index (Phi) is 5.17. The molecule has 1 aromatic carbocycles. The zero-order valence-electron chi connectivity index (χ0n) is 20.8. The van der Waals surface area contributed by atoms with Crippen LogP contribution in [0, 0.1) is 22.5 Å². The fraction of sp³-hybridized carbons (Fsp3) is 0.448. The van der Waals surface area contributed by atoms with Crippen molar-refractivity contribution < 1.29 is 18.3 Å². The number of halogens is 2. The molecule has 1 aliphatic heterocycles. The van der Waals surface area contributed by atoms with Crippen molar-refractivity contribution in [3.05, 3.63) is 76.7 Å². The van der Waals surface area contributed by atoms with Crippen LogP contribution in [0.15, 0.2) is 42.5 Å². The molecule has 2 aliphatic carbocycles. The average Bonchev–Trinajstić information content (AvgIpc) is 3.22. The summed E-state index contributed by atoms with van der Waals surface area (Å²) in [6.07, 6.45) is 2.95. The van der Waals surface area contributed by atoms with E-state index in [1.165, 1.54) is 18.2 Å². The number of benzene rings is 1. The lowest BCUT2D eigenvalue weighted by Gasteiger charge is -2.38. The molecular weight excluding hydrogens is 460 g/mol. The summed E-state index contributed by atoms with van der Waals surface area (Å²) in [6.45, 7) is 7.93. The molecule has 3 heterocycles. The lowest BCUT2D eigenvalue weighted by molar-refractivity contribution is -0.105. The van der Waals surface area contributed by atoms with Crippen LogP contribution in [0.2, 0.25) is 0 Å². The topological polar surface area (TPSA) is 65.0 Å². The lowest BCUT2D eigenvalue weighted by atomic mass is 9.66. The highest BCUT2D eigenvalue weighted by Gasteiger charge is 2.65. The summed E-state index contributed by atoms with van der Waals surface area (Å²) >= 11 is 0. The van der Waals surface area contributed by atoms with Gasteiger partial charge in [-0.05, 0) is 66.5 Å². The molecule has 0 N–H and O–H groups in total. The van der Waals surface area contributed by atoms with Crippen LogP contribution in [0.25, 0.3) is 11.3 Å². The van der Waals surface area contributed by atoms with Gasteiger partial charge >= 0.3 is 0 Å². The molecule has 186 valence electrons. The molecule has 2 fully saturated rings. The first kappa shape index (κ1) is 23.3. The summed E-state index contributed by atoms with van der Waals surface area (Å²) in [5, 5.41) is 8.87. The number of pyridine rings is 1. The van der Waals surface area contributed by atoms with Crippen molar-refractivity contribution in [3.63, 3.8) is 0 Å². The molecule has 0 radical (unpaired) electrons. The Balaban J connectivity index is 1.39. The van der Waals surface area contributed by atoms with Gasteiger partial charge in [0.05, 0.1) is 41.3 Å². The summed E-state index contributed by atoms with van der Waals surface area (Å²) in [4.78, 5) is 18.0. The maximum absolute atomic E-state index is 14.5. The van der Waals surface area contributed by atoms with Crippen LogP contribution in [0.3, 0.4) is 0 Å². The first-order chi connectivity index (χ1) is 17.2. The molecule has 0 amide bonds. The highest BCUT2D eigenvalue weighted by atomic mass is 19.1. The second kappa shape index (κ2) is 7.97. The SMILES string of the molecule is CC1(CCC(=O)c2cccc([C@@]34CC[C@@H](c5cc(-c6c(F)cccc6F)nnc53)C4(C)C)n2)COC1. The Labute approximate surface area is 209 Å². The first-order valence-electron chi connectivity index (χ1n) is 12.6. The minimum atomic E-state index is -0.656. The number of carbonyl (C=O) groups is 1. The quantitative estimate of drug-likeness (QED) is 0.396. The van der Waals surface area contributed by atoms with E-state index < -0.39 is 17.0 Å². The van der Waals surface area contributed by atoms with Crippen molar-refractivity contribution in [1.82, 2.24) is 15.2 Å². The van der Waals surface area contributed by atoms with Gasteiger partial charge in [-0.3, -0.25) is 4.79 Å². The predicted octanol–water partition coefficient (Wildman–Crippen LogP) is 6.02. The van der Waals surface area contributed by atoms with Crippen LogP contribution in [0.4, 0.5) is 8.78 Å². The van der Waals surface area contributed by atoms with Crippen LogP contribution < -0.4 is 0 Å². The second-order valence-electron chi connectivity index (χ2n) is 11.5. The van der Waals surface area contributed by atoms with E-state index in [1.807, 2.05) is 12.1 Å². The van der Waals surface area contributed by atoms with Crippen LogP contribution in [-0.2, 0) is 10.2 Å². The van der Waals surface area contributed by atoms with Gasteiger partial charge in [-0.2, -0.15) is 5.10 Å². The number of ether oxygens (including phenoxy) is 1. The fourth-order valence-corrected chi connectivity index (χ4v) is 6.72. The highest BCUT2D eigenvalue weighted by molar-refractivity contribution is 5.94. The third kappa shape index (κ3) is 3.21. The number of Topliss-reactive ketones (excluding diaryl/α,β-unsaturated/α-hetero) is 1. The normalized spacial score (nSPS) is 24.9. The summed E-state index contributed by atoms with van der Waals surface area (Å²) < 4.78 is 34.3. The summed E-state index contributed by atoms with van der Waals surface area (Å²) in [5.41, 5.74) is 2.41. The van der Waals surface area contributed by atoms with Gasteiger partial charge in [0.15, 0.2) is 5.78 Å². The van der Waals surface area contributed by atoms with Crippen molar-refractivity contribution in [2.24, 2.45) is 10.8 Å². The maximum atomic E-state index is 14.5. The van der Waals surface area contributed by atoms with E-state index in [4.69, 9.17) is 9.72 Å². The highest BCUT2D eigenvalue weighted by Crippen LogP contribution is 2.69. The molecule has 0 unspecified atom stereocenters. The number of fused-ring (bicyclic) bond motifs is 5. The third-order valence-electron chi connectivity index (χ3n) is 8.93. The predicted molar refractivity (Wildman–Crippen MR) is 131 cm³/mol. The molecular formula is C29H29F2N3O2. The number of hydrogen-bond acceptors (Lipinski definition) is 5. The van der Waals surface area contributed by atoms with Gasteiger partial charge in [0.2, 0.25) is 0 Å². The van der Waals surface area contributed by atoms with Crippen molar-refractivity contribution >= 4 is 5.78 Å². The van der Waals surface area contributed by atoms with Gasteiger partial charge in [0, 0.05) is 11.8 Å². The van der Waals surface area contributed by atoms with Crippen LogP contribution >= 0.6 is 0 Å². The van der Waals surface area contributed by atoms with Gasteiger partial charge in [-0.15, -0.1) is 5.10 Å². The van der Waals surface area contributed by atoms with Crippen LogP contribution in [0.1, 0.15) is 79.8 Å². The largest absolute Gasteiger partial charge is 0.380 e. The number of aromatic nitrogens is 3. The minimum absolute atomic E-state index is 0.0309. The van der Waals surface area contributed by atoms with E-state index in [0.29, 0.717) is 25.3 Å². The van der Waals surface area contributed by atoms with E-state index in [2.05, 4.69) is 31.0 Å². The molecule has 1 saturated heterocycles. The van der Waals surface area contributed by atoms with E-state index in [0.717, 1.165) is 36.2 Å². The van der Waals surface area contributed by atoms with E-state index in [1.54, 1.807) is 12.1 Å². The molecule has 6 rings (SSSR count). The van der Waals surface area contributed by atoms with Crippen LogP contribution in [-0.4, -0.2) is 34.2 Å². The van der Waals surface area contributed by atoms with Gasteiger partial charge in [0.25, 0.3) is 0 Å². The Morgan fingerprint density at radius 3 is 2.47 bits per heavy atom. The molecule has 36 heavy (non-hydrogen) atoms. The number of nitrogens with zero attached hydrogens (tertiary/aromatic N) is 3. The maximum Gasteiger partial charge on any atom is 0.181 e. The number of rotatable bonds is 6. The second-order valence-corrected chi connectivity index (χ2v) is 11.5. The Morgan fingerprint density at radius 2 is 1.78 bits per heavy atom. The van der Waals surface area contributed by atoms with Crippen molar-refractivity contribution in [2.45, 2.75) is 57.8 Å². The average molecular weight is 490 g/mol. The molecule has 2 aromatic heterocycles. The monoisotopic (exact) mass is 489 g/mol. The van der Waals surface area contributed by atoms with Crippen LogP contribution in [0.5, 0.6) is 0 Å². The first-order valence-corrected chi connectivity index (χ1v) is 12.6. The number of ketones is 1. The van der Waals surface area contributed by atoms with Gasteiger partial charge in [0.1, 0.15) is 17.3 Å². The smallest absolute Gasteiger partial charge is 0.181 e. The van der Waals surface area contributed by atoms with E-state index in [-0.39, 0.29) is 33.8 Å². The van der Waals surface area contributed by atoms with Gasteiger partial charge in [-0.25, -0.2) is 13.8 Å². The standard InChI is InChI=1S/C29H29F2N3O2/c1-27(2)18-10-13-29(27,24-9-5-8-21(32-24)23(35)11-12-28(3)15-36-16-28)26-17(18)14-22(33-34-26)25-19(30)6-4-7-20(25)31/h4-9,14,18H,10-13,15-16H2,1-3H3/t18-,29-/m0/s1. The Morgan fingerprint density at radius 1 is 1.06 bits per heavy atom. The summed E-state index contributed by atoms with van der Waals surface area (Å²) in [7, 11) is 0. The van der Waals surface area contributed by atoms with E-state index >= 15 is 0 Å². The molecule has 7 heteroatoms. The molecule has 1 saturated carbocycles. The van der Waals surface area contributed by atoms with Gasteiger partial charge in [-0.1, -0.05) is 32.9 Å². The zero-order chi connectivity index (χ0) is 25.3. The lowest BCUT2D eigenvalue weighted by Crippen LogP contribution is -2.40. The molecule has 3 aromatic rings. The van der Waals surface area contributed by atoms with Crippen molar-refractivity contribution in [2.75, 3.05) is 13.2 Å². The molecule has 2 bridgehead atoms. The number of carbonyl (C=O) groups excluding carboxylic acids is 1. The van der Waals surface area contributed by atoms with Gasteiger partial charge < -0.3 is 4.74 Å². The van der Waals surface area contributed by atoms with E-state index in [9.17, 15) is 13.6 Å². The molecule has 5 nitrogen and oxygen atoms in total. The molecule has 0 spiro atoms. The Hall–Kier alpha value is -3.06. The van der Waals surface area contributed by atoms with Crippen molar-refractivity contribution in [1.29, 1.82) is 0 Å². The molecule has 3 aliphatic rings. The Bertz CT molecular complexity index is 1360. The summed E-state index contributed by atoms with van der Waals surface area (Å²) in [5.74, 6) is -1.13. The third-order valence-corrected chi connectivity index (χ3v) is 8.93. The minimum Gasteiger partial charge on any atom is -0.380 e. The summed E-state index contributed by atoms with van der Waals surface area (Å²) in [6, 6.07) is 11.3. The zero-order valence-corrected chi connectivity index (χ0v) is 20.8. The van der Waals surface area contributed by atoms with Crippen molar-refractivity contribution in [3.8, 4) is 11.3 Å². The molecule has 2 atom stereocenters.